The summed E-state index contributed by atoms with van der Waals surface area (Å²) in [6, 6.07) is 0.748. The van der Waals surface area contributed by atoms with Crippen molar-refractivity contribution in [3.05, 3.63) is 18.2 Å². The van der Waals surface area contributed by atoms with Crippen molar-refractivity contribution in [3.8, 4) is 0 Å². The number of nitrogens with one attached hydrogen (secondary N) is 1. The Kier molecular flexibility index (Phi) is 5.41. The quantitative estimate of drug-likeness (QED) is 0.879. The molecule has 0 radical (unpaired) electrons. The number of piperidine rings is 1. The number of rotatable bonds is 5. The predicted molar refractivity (Wildman–Crippen MR) is 96.3 cm³/mol. The number of hydrogen-bond donors (Lipinski definition) is 1. The van der Waals surface area contributed by atoms with Crippen LogP contribution >= 0.6 is 0 Å². The molecular formula is C19H32N4O2. The van der Waals surface area contributed by atoms with Crippen LogP contribution in [0.15, 0.2) is 12.5 Å². The van der Waals surface area contributed by atoms with Gasteiger partial charge in [0.1, 0.15) is 0 Å². The third-order valence-corrected chi connectivity index (χ3v) is 6.67. The Morgan fingerprint density at radius 2 is 2.20 bits per heavy atom. The van der Waals surface area contributed by atoms with Gasteiger partial charge in [0.05, 0.1) is 26.1 Å². The highest BCUT2D eigenvalue weighted by molar-refractivity contribution is 5.02. The smallest absolute Gasteiger partial charge is 0.0922 e. The number of morpholine rings is 1. The lowest BCUT2D eigenvalue weighted by atomic mass is 9.62. The lowest BCUT2D eigenvalue weighted by Crippen LogP contribution is -2.56. The lowest BCUT2D eigenvalue weighted by molar-refractivity contribution is -0.0872. The first-order chi connectivity index (χ1) is 12.3. The maximum atomic E-state index is 5.73. The van der Waals surface area contributed by atoms with Gasteiger partial charge in [0.2, 0.25) is 0 Å². The van der Waals surface area contributed by atoms with Crippen LogP contribution in [0.4, 0.5) is 0 Å². The predicted octanol–water partition coefficient (Wildman–Crippen LogP) is 1.75. The van der Waals surface area contributed by atoms with Crippen molar-refractivity contribution >= 4 is 0 Å². The number of aromatic amines is 1. The van der Waals surface area contributed by atoms with Gasteiger partial charge in [-0.05, 0) is 38.1 Å². The summed E-state index contributed by atoms with van der Waals surface area (Å²) in [6.07, 6.45) is 8.94. The number of likely N-dealkylation sites (tertiary alicyclic amines) is 1. The van der Waals surface area contributed by atoms with Gasteiger partial charge in [-0.1, -0.05) is 0 Å². The Hall–Kier alpha value is -0.950. The summed E-state index contributed by atoms with van der Waals surface area (Å²) in [5.74, 6) is 0.784. The molecule has 3 atom stereocenters. The zero-order valence-corrected chi connectivity index (χ0v) is 15.5. The minimum absolute atomic E-state index is 0.329. The van der Waals surface area contributed by atoms with Crippen LogP contribution in [0.3, 0.4) is 0 Å². The number of fused-ring (bicyclic) bond motifs is 1. The van der Waals surface area contributed by atoms with E-state index in [1.54, 1.807) is 6.33 Å². The highest BCUT2D eigenvalue weighted by Gasteiger charge is 2.47. The molecule has 6 heteroatoms. The minimum Gasteiger partial charge on any atom is -0.384 e. The van der Waals surface area contributed by atoms with Gasteiger partial charge in [0.15, 0.2) is 0 Å². The molecule has 1 N–H and O–H groups in total. The largest absolute Gasteiger partial charge is 0.384 e. The normalized spacial score (nSPS) is 34.8. The second-order valence-corrected chi connectivity index (χ2v) is 8.15. The van der Waals surface area contributed by atoms with Crippen LogP contribution < -0.4 is 0 Å². The molecule has 1 aromatic rings. The zero-order valence-electron chi connectivity index (χ0n) is 15.5. The Balaban J connectivity index is 1.42. The maximum Gasteiger partial charge on any atom is 0.0922 e. The molecule has 3 heterocycles. The van der Waals surface area contributed by atoms with Crippen LogP contribution in [0, 0.1) is 11.3 Å². The summed E-state index contributed by atoms with van der Waals surface area (Å²) < 4.78 is 11.3. The molecule has 0 amide bonds. The SMILES string of the molecule is COC[C@@]12CC[C@@H](N3CCOCC3)C[C@H]1CCN(Cc1cnc[nH]1)C2. The standard InChI is InChI=1S/C19H32N4O2/c1-24-14-19-4-2-18(23-6-8-25-9-7-23)10-16(19)3-5-22(13-19)12-17-11-20-15-21-17/h11,15-16,18H,2-10,12-14H2,1H3,(H,20,21)/t16-,18-,19+/m1/s1. The van der Waals surface area contributed by atoms with E-state index in [4.69, 9.17) is 9.47 Å². The monoisotopic (exact) mass is 348 g/mol. The average molecular weight is 348 g/mol. The number of methoxy groups -OCH3 is 1. The van der Waals surface area contributed by atoms with Gasteiger partial charge in [-0.25, -0.2) is 4.98 Å². The molecule has 0 unspecified atom stereocenters. The molecule has 3 fully saturated rings. The summed E-state index contributed by atoms with van der Waals surface area (Å²) in [5.41, 5.74) is 1.54. The minimum atomic E-state index is 0.329. The molecule has 0 aromatic carbocycles. The van der Waals surface area contributed by atoms with Gasteiger partial charge < -0.3 is 14.5 Å². The van der Waals surface area contributed by atoms with Crippen LogP contribution in [-0.4, -0.2) is 78.9 Å². The number of imidazole rings is 1. The van der Waals surface area contributed by atoms with E-state index in [0.717, 1.165) is 58.0 Å². The van der Waals surface area contributed by atoms with E-state index in [0.29, 0.717) is 5.41 Å². The topological polar surface area (TPSA) is 53.6 Å². The van der Waals surface area contributed by atoms with Crippen molar-refractivity contribution in [2.75, 3.05) is 53.1 Å². The van der Waals surface area contributed by atoms with Crippen LogP contribution in [0.1, 0.15) is 31.4 Å². The Labute approximate surface area is 150 Å². The second kappa shape index (κ2) is 7.74. The van der Waals surface area contributed by atoms with E-state index in [1.807, 2.05) is 13.3 Å². The molecule has 3 aliphatic rings. The van der Waals surface area contributed by atoms with Gasteiger partial charge in [0, 0.05) is 56.6 Å². The molecule has 25 heavy (non-hydrogen) atoms. The third-order valence-electron chi connectivity index (χ3n) is 6.67. The Bertz CT molecular complexity index is 532. The maximum absolute atomic E-state index is 5.73. The van der Waals surface area contributed by atoms with Gasteiger partial charge in [0.25, 0.3) is 0 Å². The molecule has 1 aromatic heterocycles. The van der Waals surface area contributed by atoms with Gasteiger partial charge in [-0.3, -0.25) is 9.80 Å². The first-order valence-corrected chi connectivity index (χ1v) is 9.79. The van der Waals surface area contributed by atoms with E-state index in [1.165, 1.54) is 37.9 Å². The molecule has 6 nitrogen and oxygen atoms in total. The van der Waals surface area contributed by atoms with E-state index >= 15 is 0 Å². The fraction of sp³-hybridized carbons (Fsp3) is 0.842. The number of nitrogens with zero attached hydrogens (tertiary/aromatic N) is 3. The highest BCUT2D eigenvalue weighted by atomic mass is 16.5. The van der Waals surface area contributed by atoms with Crippen molar-refractivity contribution in [2.45, 2.75) is 38.3 Å². The third kappa shape index (κ3) is 3.77. The first-order valence-electron chi connectivity index (χ1n) is 9.79. The molecule has 0 spiro atoms. The summed E-state index contributed by atoms with van der Waals surface area (Å²) in [5, 5.41) is 0. The lowest BCUT2D eigenvalue weighted by Gasteiger charge is -2.54. The van der Waals surface area contributed by atoms with Crippen molar-refractivity contribution in [2.24, 2.45) is 11.3 Å². The fourth-order valence-electron chi connectivity index (χ4n) is 5.39. The van der Waals surface area contributed by atoms with Crippen LogP contribution in [0.5, 0.6) is 0 Å². The van der Waals surface area contributed by atoms with E-state index in [9.17, 15) is 0 Å². The van der Waals surface area contributed by atoms with Crippen molar-refractivity contribution < 1.29 is 9.47 Å². The molecule has 0 bridgehead atoms. The van der Waals surface area contributed by atoms with Crippen molar-refractivity contribution in [1.82, 2.24) is 19.8 Å². The first kappa shape index (κ1) is 17.5. The van der Waals surface area contributed by atoms with Gasteiger partial charge >= 0.3 is 0 Å². The number of hydrogen-bond acceptors (Lipinski definition) is 5. The fourth-order valence-corrected chi connectivity index (χ4v) is 5.39. The number of aromatic nitrogens is 2. The van der Waals surface area contributed by atoms with Gasteiger partial charge in [-0.2, -0.15) is 0 Å². The van der Waals surface area contributed by atoms with E-state index < -0.39 is 0 Å². The average Bonchev–Trinajstić information content (AvgIpc) is 3.15. The Morgan fingerprint density at radius 1 is 1.32 bits per heavy atom. The van der Waals surface area contributed by atoms with Crippen molar-refractivity contribution in [1.29, 1.82) is 0 Å². The molecule has 140 valence electrons. The zero-order chi connectivity index (χ0) is 17.1. The van der Waals surface area contributed by atoms with Crippen LogP contribution in [-0.2, 0) is 16.0 Å². The summed E-state index contributed by atoms with van der Waals surface area (Å²) in [6.45, 7) is 8.25. The van der Waals surface area contributed by atoms with Gasteiger partial charge in [-0.15, -0.1) is 0 Å². The molecule has 2 aliphatic heterocycles. The Morgan fingerprint density at radius 3 is 2.96 bits per heavy atom. The van der Waals surface area contributed by atoms with Crippen LogP contribution in [0.25, 0.3) is 0 Å². The molecule has 1 saturated carbocycles. The highest BCUT2D eigenvalue weighted by Crippen LogP contribution is 2.48. The van der Waals surface area contributed by atoms with Crippen LogP contribution in [0.2, 0.25) is 0 Å². The molecule has 1 aliphatic carbocycles. The molecule has 2 saturated heterocycles. The summed E-state index contributed by atoms with van der Waals surface area (Å²) >= 11 is 0. The number of H-pyrrole nitrogens is 1. The van der Waals surface area contributed by atoms with E-state index in [2.05, 4.69) is 19.8 Å². The molecule has 4 rings (SSSR count). The van der Waals surface area contributed by atoms with E-state index in [-0.39, 0.29) is 0 Å². The summed E-state index contributed by atoms with van der Waals surface area (Å²) in [7, 11) is 1.87. The van der Waals surface area contributed by atoms with Crippen molar-refractivity contribution in [3.63, 3.8) is 0 Å². The number of ether oxygens (including phenoxy) is 2. The second-order valence-electron chi connectivity index (χ2n) is 8.15. The summed E-state index contributed by atoms with van der Waals surface area (Å²) in [4.78, 5) is 12.7. The molecular weight excluding hydrogens is 316 g/mol.